The Bertz CT molecular complexity index is 342. The Labute approximate surface area is 92.8 Å². The molecule has 0 saturated carbocycles. The van der Waals surface area contributed by atoms with Crippen LogP contribution in [-0.4, -0.2) is 18.0 Å². The summed E-state index contributed by atoms with van der Waals surface area (Å²) in [7, 11) is 0. The van der Waals surface area contributed by atoms with Gasteiger partial charge in [0.05, 0.1) is 0 Å². The monoisotopic (exact) mass is 261 g/mol. The molecule has 0 aromatic carbocycles. The van der Waals surface area contributed by atoms with Crippen LogP contribution in [0.4, 0.5) is 30.7 Å². The van der Waals surface area contributed by atoms with Crippen molar-refractivity contribution in [2.45, 2.75) is 31.4 Å². The van der Waals surface area contributed by atoms with Gasteiger partial charge in [-0.2, -0.15) is 26.3 Å². The number of alkyl halides is 7. The molecule has 7 heteroatoms. The first-order valence-corrected chi connectivity index (χ1v) is 4.54. The first-order chi connectivity index (χ1) is 7.50. The Kier molecular flexibility index (Phi) is 3.33. The Hall–Kier alpha value is -1.01. The van der Waals surface area contributed by atoms with Crippen molar-refractivity contribution in [2.24, 2.45) is 0 Å². The van der Waals surface area contributed by atoms with Gasteiger partial charge < -0.3 is 0 Å². The summed E-state index contributed by atoms with van der Waals surface area (Å²) in [5.41, 5.74) is -6.55. The van der Waals surface area contributed by atoms with Crippen LogP contribution in [0.2, 0.25) is 0 Å². The van der Waals surface area contributed by atoms with E-state index < -0.39 is 23.6 Å². The fraction of sp³-hybridized carbons (Fsp3) is 0.500. The standard InChI is InChI=1S/C10H8F7/c1-6-3-2-4-7(5-6)8(11,9(12,13)14)10(15,16)17/h3-5H,2H2,1H3. The number of halogens is 7. The van der Waals surface area contributed by atoms with Crippen LogP contribution in [-0.2, 0) is 0 Å². The van der Waals surface area contributed by atoms with Crippen molar-refractivity contribution in [2.75, 3.05) is 0 Å². The number of rotatable bonds is 1. The van der Waals surface area contributed by atoms with Crippen molar-refractivity contribution in [1.29, 1.82) is 0 Å². The molecule has 0 fully saturated rings. The first kappa shape index (κ1) is 14.1. The summed E-state index contributed by atoms with van der Waals surface area (Å²) >= 11 is 0. The van der Waals surface area contributed by atoms with Crippen LogP contribution in [0.5, 0.6) is 0 Å². The molecule has 0 bridgehead atoms. The van der Waals surface area contributed by atoms with Gasteiger partial charge in [-0.3, -0.25) is 0 Å². The Morgan fingerprint density at radius 3 is 1.76 bits per heavy atom. The Morgan fingerprint density at radius 2 is 1.41 bits per heavy atom. The molecule has 0 amide bonds. The SMILES string of the molecule is CC1=CC(C(F)(C(F)(F)F)C(F)(F)F)=CC[CH]1. The van der Waals surface area contributed by atoms with Crippen molar-refractivity contribution in [3.8, 4) is 0 Å². The van der Waals surface area contributed by atoms with Crippen molar-refractivity contribution < 1.29 is 30.7 Å². The summed E-state index contributed by atoms with van der Waals surface area (Å²) in [5.74, 6) is 0. The molecule has 0 nitrogen and oxygen atoms in total. The lowest BCUT2D eigenvalue weighted by molar-refractivity contribution is -0.325. The van der Waals surface area contributed by atoms with Gasteiger partial charge in [0.15, 0.2) is 0 Å². The lowest BCUT2D eigenvalue weighted by atomic mass is 9.87. The van der Waals surface area contributed by atoms with E-state index in [0.717, 1.165) is 0 Å². The van der Waals surface area contributed by atoms with E-state index in [1.807, 2.05) is 0 Å². The van der Waals surface area contributed by atoms with Gasteiger partial charge in [0.1, 0.15) is 0 Å². The molecule has 0 atom stereocenters. The summed E-state index contributed by atoms with van der Waals surface area (Å²) in [6, 6.07) is 0. The molecule has 0 aliphatic heterocycles. The molecule has 0 heterocycles. The molecule has 0 unspecified atom stereocenters. The highest BCUT2D eigenvalue weighted by Crippen LogP contribution is 2.51. The van der Waals surface area contributed by atoms with Gasteiger partial charge in [0.25, 0.3) is 0 Å². The van der Waals surface area contributed by atoms with Crippen molar-refractivity contribution >= 4 is 0 Å². The molecule has 0 spiro atoms. The molecular formula is C10H8F7. The van der Waals surface area contributed by atoms with E-state index in [1.54, 1.807) is 0 Å². The highest BCUT2D eigenvalue weighted by atomic mass is 19.4. The van der Waals surface area contributed by atoms with Crippen LogP contribution in [0, 0.1) is 6.42 Å². The molecule has 1 aliphatic carbocycles. The normalized spacial score (nSPS) is 18.8. The molecule has 0 aromatic rings. The molecule has 1 radical (unpaired) electrons. The summed E-state index contributed by atoms with van der Waals surface area (Å²) in [6.45, 7) is 1.31. The topological polar surface area (TPSA) is 0 Å². The minimum absolute atomic E-state index is 0.157. The lowest BCUT2D eigenvalue weighted by Gasteiger charge is -2.32. The van der Waals surface area contributed by atoms with Crippen molar-refractivity contribution in [3.63, 3.8) is 0 Å². The zero-order valence-electron chi connectivity index (χ0n) is 8.58. The molecule has 0 saturated heterocycles. The average molecular weight is 261 g/mol. The maximum absolute atomic E-state index is 13.5. The van der Waals surface area contributed by atoms with E-state index in [0.29, 0.717) is 12.2 Å². The minimum Gasteiger partial charge on any atom is -0.218 e. The minimum atomic E-state index is -6.04. The summed E-state index contributed by atoms with van der Waals surface area (Å²) in [6.07, 6.45) is -9.68. The van der Waals surface area contributed by atoms with Crippen LogP contribution in [0.15, 0.2) is 23.3 Å². The van der Waals surface area contributed by atoms with Gasteiger partial charge >= 0.3 is 18.0 Å². The average Bonchev–Trinajstić information content (AvgIpc) is 2.12. The van der Waals surface area contributed by atoms with Crippen molar-refractivity contribution in [3.05, 3.63) is 29.7 Å². The molecule has 1 aliphatic rings. The highest BCUT2D eigenvalue weighted by Gasteiger charge is 2.74. The van der Waals surface area contributed by atoms with E-state index >= 15 is 0 Å². The van der Waals surface area contributed by atoms with E-state index in [2.05, 4.69) is 0 Å². The van der Waals surface area contributed by atoms with Crippen LogP contribution in [0.1, 0.15) is 13.3 Å². The quantitative estimate of drug-likeness (QED) is 0.617. The Morgan fingerprint density at radius 1 is 0.941 bits per heavy atom. The van der Waals surface area contributed by atoms with E-state index in [9.17, 15) is 30.7 Å². The van der Waals surface area contributed by atoms with E-state index in [1.165, 1.54) is 13.3 Å². The second-order valence-electron chi connectivity index (χ2n) is 3.64. The third-order valence-corrected chi connectivity index (χ3v) is 2.34. The van der Waals surface area contributed by atoms with Gasteiger partial charge in [0, 0.05) is 5.57 Å². The lowest BCUT2D eigenvalue weighted by Crippen LogP contribution is -2.54. The third kappa shape index (κ3) is 2.32. The van der Waals surface area contributed by atoms with E-state index in [-0.39, 0.29) is 12.0 Å². The third-order valence-electron chi connectivity index (χ3n) is 2.34. The number of allylic oxidation sites excluding steroid dienone is 4. The highest BCUT2D eigenvalue weighted by molar-refractivity contribution is 5.41. The van der Waals surface area contributed by atoms with E-state index in [4.69, 9.17) is 0 Å². The maximum Gasteiger partial charge on any atom is 0.435 e. The molecule has 97 valence electrons. The smallest absolute Gasteiger partial charge is 0.218 e. The van der Waals surface area contributed by atoms with Crippen LogP contribution in [0.3, 0.4) is 0 Å². The van der Waals surface area contributed by atoms with Gasteiger partial charge in [-0.05, 0) is 19.8 Å². The molecular weight excluding hydrogens is 253 g/mol. The second kappa shape index (κ2) is 4.03. The van der Waals surface area contributed by atoms with Crippen molar-refractivity contribution in [1.82, 2.24) is 0 Å². The second-order valence-corrected chi connectivity index (χ2v) is 3.64. The largest absolute Gasteiger partial charge is 0.435 e. The zero-order chi connectivity index (χ0) is 13.5. The number of hydrogen-bond acceptors (Lipinski definition) is 0. The zero-order valence-corrected chi connectivity index (χ0v) is 8.58. The molecule has 1 rings (SSSR count). The van der Waals surface area contributed by atoms with Gasteiger partial charge in [-0.25, -0.2) is 4.39 Å². The fourth-order valence-electron chi connectivity index (χ4n) is 1.46. The van der Waals surface area contributed by atoms with Crippen LogP contribution < -0.4 is 0 Å². The maximum atomic E-state index is 13.5. The van der Waals surface area contributed by atoms with Gasteiger partial charge in [-0.15, -0.1) is 0 Å². The van der Waals surface area contributed by atoms with Gasteiger partial charge in [0.2, 0.25) is 0 Å². The molecule has 17 heavy (non-hydrogen) atoms. The molecule has 0 aromatic heterocycles. The van der Waals surface area contributed by atoms with Crippen LogP contribution in [0.25, 0.3) is 0 Å². The fourth-order valence-corrected chi connectivity index (χ4v) is 1.46. The number of hydrogen-bond donors (Lipinski definition) is 0. The predicted molar refractivity (Wildman–Crippen MR) is 46.7 cm³/mol. The summed E-state index contributed by atoms with van der Waals surface area (Å²) in [4.78, 5) is 0. The Balaban J connectivity index is 3.32. The molecule has 0 N–H and O–H groups in total. The van der Waals surface area contributed by atoms with Gasteiger partial charge in [-0.1, -0.05) is 17.7 Å². The summed E-state index contributed by atoms with van der Waals surface area (Å²) < 4.78 is 87.5. The first-order valence-electron chi connectivity index (χ1n) is 4.54. The van der Waals surface area contributed by atoms with Crippen LogP contribution >= 0.6 is 0 Å². The summed E-state index contributed by atoms with van der Waals surface area (Å²) in [5, 5.41) is 0. The predicted octanol–water partition coefficient (Wildman–Crippen LogP) is 4.30.